The fraction of sp³-hybridized carbons (Fsp3) is 0.250. The summed E-state index contributed by atoms with van der Waals surface area (Å²) in [6, 6.07) is 9.82. The highest BCUT2D eigenvalue weighted by atomic mass is 35.9. The average molecular weight is 241 g/mol. The first-order valence-corrected chi connectivity index (χ1v) is 7.25. The Morgan fingerprint density at radius 2 is 1.75 bits per heavy atom. The SMILES string of the molecule is ClC(CP(Cl)Cl)c1ccccc1. The molecule has 66 valence electrons. The predicted molar refractivity (Wildman–Crippen MR) is 58.5 cm³/mol. The van der Waals surface area contributed by atoms with Crippen molar-refractivity contribution in [1.82, 2.24) is 0 Å². The Balaban J connectivity index is 2.59. The van der Waals surface area contributed by atoms with Crippen LogP contribution in [0.4, 0.5) is 0 Å². The van der Waals surface area contributed by atoms with Gasteiger partial charge in [0.1, 0.15) is 0 Å². The van der Waals surface area contributed by atoms with Gasteiger partial charge in [0.2, 0.25) is 0 Å². The van der Waals surface area contributed by atoms with Crippen molar-refractivity contribution in [1.29, 1.82) is 0 Å². The van der Waals surface area contributed by atoms with Crippen LogP contribution in [0, 0.1) is 0 Å². The number of alkyl halides is 1. The van der Waals surface area contributed by atoms with Gasteiger partial charge in [-0.15, -0.1) is 11.6 Å². The van der Waals surface area contributed by atoms with Crippen LogP contribution in [0.15, 0.2) is 30.3 Å². The minimum atomic E-state index is -0.951. The molecule has 0 aromatic heterocycles. The Kier molecular flexibility index (Phi) is 4.68. The quantitative estimate of drug-likeness (QED) is 0.529. The summed E-state index contributed by atoms with van der Waals surface area (Å²) in [5.41, 5.74) is 1.08. The number of hydrogen-bond acceptors (Lipinski definition) is 0. The molecule has 1 unspecified atom stereocenters. The second-order valence-electron chi connectivity index (χ2n) is 2.36. The standard InChI is InChI=1S/C8H8Cl3P/c9-8(6-12(10)11)7-4-2-1-3-5-7/h1-5,8H,6H2. The van der Waals surface area contributed by atoms with Crippen molar-refractivity contribution in [2.24, 2.45) is 0 Å². The monoisotopic (exact) mass is 240 g/mol. The third-order valence-electron chi connectivity index (χ3n) is 1.46. The molecule has 0 radical (unpaired) electrons. The third kappa shape index (κ3) is 3.49. The number of benzene rings is 1. The van der Waals surface area contributed by atoms with Crippen LogP contribution in [-0.2, 0) is 0 Å². The largest absolute Gasteiger partial charge is 0.117 e. The Hall–Kier alpha value is 0.520. The zero-order valence-electron chi connectivity index (χ0n) is 6.25. The van der Waals surface area contributed by atoms with E-state index in [2.05, 4.69) is 0 Å². The van der Waals surface area contributed by atoms with Crippen molar-refractivity contribution in [3.8, 4) is 0 Å². The molecule has 0 heterocycles. The molecule has 0 aliphatic carbocycles. The van der Waals surface area contributed by atoms with Crippen LogP contribution < -0.4 is 0 Å². The zero-order valence-corrected chi connectivity index (χ0v) is 9.41. The summed E-state index contributed by atoms with van der Waals surface area (Å²) in [4.78, 5) is 0. The topological polar surface area (TPSA) is 0 Å². The van der Waals surface area contributed by atoms with Gasteiger partial charge in [-0.1, -0.05) is 52.8 Å². The van der Waals surface area contributed by atoms with E-state index in [0.717, 1.165) is 5.56 Å². The van der Waals surface area contributed by atoms with Crippen molar-refractivity contribution >= 4 is 40.7 Å². The van der Waals surface area contributed by atoms with Crippen molar-refractivity contribution in [2.75, 3.05) is 6.16 Å². The van der Waals surface area contributed by atoms with E-state index in [1.807, 2.05) is 30.3 Å². The maximum atomic E-state index is 6.05. The summed E-state index contributed by atoms with van der Waals surface area (Å²) in [7, 11) is 0. The van der Waals surface area contributed by atoms with E-state index >= 15 is 0 Å². The molecule has 0 fully saturated rings. The van der Waals surface area contributed by atoms with Gasteiger partial charge in [-0.25, -0.2) is 0 Å². The molecule has 1 aromatic rings. The molecular formula is C8H8Cl3P. The molecule has 0 bridgehead atoms. The van der Waals surface area contributed by atoms with Crippen LogP contribution in [0.5, 0.6) is 0 Å². The lowest BCUT2D eigenvalue weighted by molar-refractivity contribution is 1.10. The van der Waals surface area contributed by atoms with E-state index in [4.69, 9.17) is 34.1 Å². The van der Waals surface area contributed by atoms with Gasteiger partial charge in [0, 0.05) is 6.16 Å². The lowest BCUT2D eigenvalue weighted by Crippen LogP contribution is -1.91. The van der Waals surface area contributed by atoms with E-state index in [0.29, 0.717) is 6.16 Å². The van der Waals surface area contributed by atoms with Crippen molar-refractivity contribution < 1.29 is 0 Å². The van der Waals surface area contributed by atoms with Crippen LogP contribution in [-0.4, -0.2) is 6.16 Å². The second-order valence-corrected chi connectivity index (χ2v) is 6.83. The molecule has 0 saturated heterocycles. The van der Waals surface area contributed by atoms with E-state index in [9.17, 15) is 0 Å². The van der Waals surface area contributed by atoms with Crippen LogP contribution in [0.1, 0.15) is 10.9 Å². The maximum absolute atomic E-state index is 6.05. The molecule has 12 heavy (non-hydrogen) atoms. The molecule has 0 spiro atoms. The molecule has 4 heteroatoms. The Morgan fingerprint density at radius 3 is 2.25 bits per heavy atom. The molecule has 1 aromatic carbocycles. The first-order chi connectivity index (χ1) is 5.70. The Bertz CT molecular complexity index is 225. The highest BCUT2D eigenvalue weighted by Crippen LogP contribution is 2.50. The summed E-state index contributed by atoms with van der Waals surface area (Å²) < 4.78 is 0. The summed E-state index contributed by atoms with van der Waals surface area (Å²) in [6.07, 6.45) is 0.643. The molecule has 0 amide bonds. The Morgan fingerprint density at radius 1 is 1.17 bits per heavy atom. The van der Waals surface area contributed by atoms with Gasteiger partial charge < -0.3 is 0 Å². The lowest BCUT2D eigenvalue weighted by Gasteiger charge is -2.08. The Labute approximate surface area is 88.2 Å². The molecule has 1 rings (SSSR count). The van der Waals surface area contributed by atoms with E-state index < -0.39 is 6.63 Å². The van der Waals surface area contributed by atoms with Gasteiger partial charge in [-0.3, -0.25) is 0 Å². The average Bonchev–Trinajstić information content (AvgIpc) is 2.05. The fourth-order valence-corrected chi connectivity index (χ4v) is 3.15. The summed E-state index contributed by atoms with van der Waals surface area (Å²) >= 11 is 17.4. The molecule has 0 aliphatic heterocycles. The first kappa shape index (κ1) is 10.6. The fourth-order valence-electron chi connectivity index (χ4n) is 0.888. The lowest BCUT2D eigenvalue weighted by atomic mass is 10.2. The highest BCUT2D eigenvalue weighted by molar-refractivity contribution is 8.03. The summed E-state index contributed by atoms with van der Waals surface area (Å²) in [5, 5.41) is -0.0627. The normalized spacial score (nSPS) is 13.3. The van der Waals surface area contributed by atoms with Gasteiger partial charge in [0.15, 0.2) is 0 Å². The van der Waals surface area contributed by atoms with Crippen LogP contribution in [0.3, 0.4) is 0 Å². The highest BCUT2D eigenvalue weighted by Gasteiger charge is 2.11. The van der Waals surface area contributed by atoms with E-state index in [-0.39, 0.29) is 5.38 Å². The van der Waals surface area contributed by atoms with Gasteiger partial charge in [-0.05, 0) is 5.56 Å². The predicted octanol–water partition coefficient (Wildman–Crippen LogP) is 4.76. The van der Waals surface area contributed by atoms with Crippen LogP contribution >= 0.6 is 40.7 Å². The van der Waals surface area contributed by atoms with Crippen molar-refractivity contribution in [3.63, 3.8) is 0 Å². The molecule has 0 N–H and O–H groups in total. The van der Waals surface area contributed by atoms with E-state index in [1.165, 1.54) is 0 Å². The van der Waals surface area contributed by atoms with Gasteiger partial charge in [-0.2, -0.15) is 0 Å². The third-order valence-corrected chi connectivity index (χ3v) is 3.55. The molecular weight excluding hydrogens is 233 g/mol. The zero-order chi connectivity index (χ0) is 8.97. The van der Waals surface area contributed by atoms with E-state index in [1.54, 1.807) is 0 Å². The second kappa shape index (κ2) is 5.29. The number of hydrogen-bond donors (Lipinski definition) is 0. The molecule has 0 aliphatic rings. The molecule has 0 nitrogen and oxygen atoms in total. The van der Waals surface area contributed by atoms with Crippen molar-refractivity contribution in [3.05, 3.63) is 35.9 Å². The van der Waals surface area contributed by atoms with Gasteiger partial charge in [0.25, 0.3) is 0 Å². The summed E-state index contributed by atoms with van der Waals surface area (Å²) in [6.45, 7) is -0.951. The minimum absolute atomic E-state index is 0.0627. The molecule has 0 saturated carbocycles. The van der Waals surface area contributed by atoms with Gasteiger partial charge >= 0.3 is 0 Å². The van der Waals surface area contributed by atoms with Crippen LogP contribution in [0.2, 0.25) is 0 Å². The summed E-state index contributed by atoms with van der Waals surface area (Å²) in [5.74, 6) is 0. The van der Waals surface area contributed by atoms with Crippen LogP contribution in [0.25, 0.3) is 0 Å². The molecule has 1 atom stereocenters. The smallest absolute Gasteiger partial charge is 0.0872 e. The first-order valence-electron chi connectivity index (χ1n) is 3.48. The maximum Gasteiger partial charge on any atom is 0.0872 e. The van der Waals surface area contributed by atoms with Gasteiger partial charge in [0.05, 0.1) is 12.0 Å². The number of rotatable bonds is 3. The number of halogens is 3. The minimum Gasteiger partial charge on any atom is -0.117 e. The van der Waals surface area contributed by atoms with Crippen molar-refractivity contribution in [2.45, 2.75) is 5.38 Å².